The standard InChI is InChI=1S/C16H13ClO3/c1-10-3-8-14(11(2)18)15(9-10)20-16(19)12-4-6-13(17)7-5-12/h3-9H,1-2H3. The summed E-state index contributed by atoms with van der Waals surface area (Å²) < 4.78 is 5.31. The summed E-state index contributed by atoms with van der Waals surface area (Å²) in [5.41, 5.74) is 1.68. The number of benzene rings is 2. The summed E-state index contributed by atoms with van der Waals surface area (Å²) in [4.78, 5) is 23.6. The highest BCUT2D eigenvalue weighted by Gasteiger charge is 2.14. The third-order valence-corrected chi connectivity index (χ3v) is 3.05. The predicted octanol–water partition coefficient (Wildman–Crippen LogP) is 4.07. The lowest BCUT2D eigenvalue weighted by molar-refractivity contribution is 0.0733. The average Bonchev–Trinajstić information content (AvgIpc) is 2.39. The fourth-order valence-electron chi connectivity index (χ4n) is 1.75. The Bertz CT molecular complexity index is 660. The molecule has 0 aliphatic rings. The molecule has 0 bridgehead atoms. The van der Waals surface area contributed by atoms with E-state index in [4.69, 9.17) is 16.3 Å². The smallest absolute Gasteiger partial charge is 0.343 e. The number of halogens is 1. The van der Waals surface area contributed by atoms with Crippen LogP contribution < -0.4 is 4.74 Å². The van der Waals surface area contributed by atoms with Gasteiger partial charge in [-0.3, -0.25) is 4.79 Å². The number of ether oxygens (including phenoxy) is 1. The van der Waals surface area contributed by atoms with Crippen molar-refractivity contribution >= 4 is 23.4 Å². The SMILES string of the molecule is CC(=O)c1ccc(C)cc1OC(=O)c1ccc(Cl)cc1. The van der Waals surface area contributed by atoms with Crippen LogP contribution in [0, 0.1) is 6.92 Å². The molecule has 0 saturated carbocycles. The second kappa shape index (κ2) is 5.88. The molecule has 0 atom stereocenters. The first-order valence-corrected chi connectivity index (χ1v) is 6.44. The number of hydrogen-bond donors (Lipinski definition) is 0. The van der Waals surface area contributed by atoms with Gasteiger partial charge in [-0.05, 0) is 55.8 Å². The van der Waals surface area contributed by atoms with E-state index in [0.29, 0.717) is 16.1 Å². The van der Waals surface area contributed by atoms with Crippen LogP contribution in [-0.2, 0) is 0 Å². The zero-order chi connectivity index (χ0) is 14.7. The molecule has 0 fully saturated rings. The van der Waals surface area contributed by atoms with E-state index in [-0.39, 0.29) is 11.5 Å². The Kier molecular flexibility index (Phi) is 4.20. The van der Waals surface area contributed by atoms with Crippen molar-refractivity contribution in [1.29, 1.82) is 0 Å². The molecule has 0 heterocycles. The molecule has 0 aliphatic carbocycles. The van der Waals surface area contributed by atoms with E-state index < -0.39 is 5.97 Å². The van der Waals surface area contributed by atoms with Gasteiger partial charge in [0.1, 0.15) is 5.75 Å². The minimum Gasteiger partial charge on any atom is -0.422 e. The molecule has 102 valence electrons. The molecule has 0 aliphatic heterocycles. The first kappa shape index (κ1) is 14.3. The van der Waals surface area contributed by atoms with Crippen molar-refractivity contribution in [2.75, 3.05) is 0 Å². The number of hydrogen-bond acceptors (Lipinski definition) is 3. The summed E-state index contributed by atoms with van der Waals surface area (Å²) in [5.74, 6) is -0.392. The normalized spacial score (nSPS) is 10.2. The van der Waals surface area contributed by atoms with Gasteiger partial charge in [0.2, 0.25) is 0 Å². The van der Waals surface area contributed by atoms with Gasteiger partial charge in [0.25, 0.3) is 0 Å². The van der Waals surface area contributed by atoms with Crippen molar-refractivity contribution in [3.8, 4) is 5.75 Å². The molecule has 0 spiro atoms. The lowest BCUT2D eigenvalue weighted by atomic mass is 10.1. The van der Waals surface area contributed by atoms with Crippen LogP contribution in [0.2, 0.25) is 5.02 Å². The molecule has 0 unspecified atom stereocenters. The van der Waals surface area contributed by atoms with Crippen molar-refractivity contribution in [3.05, 3.63) is 64.2 Å². The molecule has 2 aromatic carbocycles. The topological polar surface area (TPSA) is 43.4 Å². The van der Waals surface area contributed by atoms with Gasteiger partial charge in [0, 0.05) is 5.02 Å². The van der Waals surface area contributed by atoms with Crippen molar-refractivity contribution < 1.29 is 14.3 Å². The Balaban J connectivity index is 2.29. The molecular weight excluding hydrogens is 276 g/mol. The maximum Gasteiger partial charge on any atom is 0.343 e. The summed E-state index contributed by atoms with van der Waals surface area (Å²) in [7, 11) is 0. The lowest BCUT2D eigenvalue weighted by Crippen LogP contribution is -2.11. The van der Waals surface area contributed by atoms with E-state index in [1.807, 2.05) is 6.92 Å². The Morgan fingerprint density at radius 1 is 1.05 bits per heavy atom. The van der Waals surface area contributed by atoms with Gasteiger partial charge in [0.05, 0.1) is 11.1 Å². The largest absolute Gasteiger partial charge is 0.422 e. The lowest BCUT2D eigenvalue weighted by Gasteiger charge is -2.09. The number of carbonyl (C=O) groups is 2. The van der Waals surface area contributed by atoms with E-state index in [2.05, 4.69) is 0 Å². The first-order chi connectivity index (χ1) is 9.47. The molecule has 4 heteroatoms. The molecule has 3 nitrogen and oxygen atoms in total. The molecule has 0 radical (unpaired) electrons. The van der Waals surface area contributed by atoms with E-state index in [0.717, 1.165) is 5.56 Å². The van der Waals surface area contributed by atoms with Crippen LogP contribution in [-0.4, -0.2) is 11.8 Å². The Hall–Kier alpha value is -2.13. The van der Waals surface area contributed by atoms with Gasteiger partial charge in [-0.2, -0.15) is 0 Å². The zero-order valence-corrected chi connectivity index (χ0v) is 11.9. The number of esters is 1. The third-order valence-electron chi connectivity index (χ3n) is 2.80. The number of ketones is 1. The van der Waals surface area contributed by atoms with E-state index in [9.17, 15) is 9.59 Å². The molecule has 2 rings (SSSR count). The molecule has 0 aromatic heterocycles. The maximum atomic E-state index is 12.0. The van der Waals surface area contributed by atoms with Gasteiger partial charge in [0.15, 0.2) is 5.78 Å². The first-order valence-electron chi connectivity index (χ1n) is 6.06. The van der Waals surface area contributed by atoms with E-state index >= 15 is 0 Å². The van der Waals surface area contributed by atoms with Crippen LogP contribution in [0.4, 0.5) is 0 Å². The van der Waals surface area contributed by atoms with Gasteiger partial charge in [-0.1, -0.05) is 17.7 Å². The Morgan fingerprint density at radius 2 is 1.70 bits per heavy atom. The summed E-state index contributed by atoms with van der Waals surface area (Å²) >= 11 is 5.77. The van der Waals surface area contributed by atoms with Crippen LogP contribution in [0.15, 0.2) is 42.5 Å². The van der Waals surface area contributed by atoms with Crippen molar-refractivity contribution in [3.63, 3.8) is 0 Å². The van der Waals surface area contributed by atoms with Crippen molar-refractivity contribution in [1.82, 2.24) is 0 Å². The molecule has 20 heavy (non-hydrogen) atoms. The highest BCUT2D eigenvalue weighted by atomic mass is 35.5. The fraction of sp³-hybridized carbons (Fsp3) is 0.125. The van der Waals surface area contributed by atoms with Gasteiger partial charge in [-0.25, -0.2) is 4.79 Å². The maximum absolute atomic E-state index is 12.0. The van der Waals surface area contributed by atoms with Crippen LogP contribution in [0.1, 0.15) is 33.2 Å². The molecular formula is C16H13ClO3. The quantitative estimate of drug-likeness (QED) is 0.486. The van der Waals surface area contributed by atoms with Crippen LogP contribution in [0.3, 0.4) is 0 Å². The number of rotatable bonds is 3. The average molecular weight is 289 g/mol. The third kappa shape index (κ3) is 3.25. The summed E-state index contributed by atoms with van der Waals surface area (Å²) in [6.07, 6.45) is 0. The van der Waals surface area contributed by atoms with Gasteiger partial charge in [-0.15, -0.1) is 0 Å². The minimum absolute atomic E-state index is 0.149. The monoisotopic (exact) mass is 288 g/mol. The molecule has 0 amide bonds. The zero-order valence-electron chi connectivity index (χ0n) is 11.1. The summed E-state index contributed by atoms with van der Waals surface area (Å²) in [6, 6.07) is 11.5. The minimum atomic E-state index is -0.519. The number of aryl methyl sites for hydroxylation is 1. The fourth-order valence-corrected chi connectivity index (χ4v) is 1.88. The van der Waals surface area contributed by atoms with Crippen molar-refractivity contribution in [2.24, 2.45) is 0 Å². The van der Waals surface area contributed by atoms with Crippen LogP contribution in [0.5, 0.6) is 5.75 Å². The van der Waals surface area contributed by atoms with E-state index in [1.54, 1.807) is 42.5 Å². The molecule has 0 N–H and O–H groups in total. The molecule has 0 saturated heterocycles. The number of Topliss-reactive ketones (excluding diaryl/α,β-unsaturated/α-hetero) is 1. The predicted molar refractivity (Wildman–Crippen MR) is 77.6 cm³/mol. The van der Waals surface area contributed by atoms with Crippen LogP contribution >= 0.6 is 11.6 Å². The second-order valence-electron chi connectivity index (χ2n) is 4.45. The number of carbonyl (C=O) groups excluding carboxylic acids is 2. The highest BCUT2D eigenvalue weighted by molar-refractivity contribution is 6.30. The van der Waals surface area contributed by atoms with Gasteiger partial charge >= 0.3 is 5.97 Å². The Morgan fingerprint density at radius 3 is 2.30 bits per heavy atom. The van der Waals surface area contributed by atoms with E-state index in [1.165, 1.54) is 6.92 Å². The summed E-state index contributed by atoms with van der Waals surface area (Å²) in [5, 5.41) is 0.543. The summed E-state index contributed by atoms with van der Waals surface area (Å²) in [6.45, 7) is 3.30. The van der Waals surface area contributed by atoms with Gasteiger partial charge < -0.3 is 4.74 Å². The second-order valence-corrected chi connectivity index (χ2v) is 4.89. The van der Waals surface area contributed by atoms with Crippen molar-refractivity contribution in [2.45, 2.75) is 13.8 Å². The molecule has 2 aromatic rings. The van der Waals surface area contributed by atoms with Crippen LogP contribution in [0.25, 0.3) is 0 Å². The Labute approximate surface area is 122 Å². The highest BCUT2D eigenvalue weighted by Crippen LogP contribution is 2.22.